The Kier molecular flexibility index (Phi) is 7.96. The van der Waals surface area contributed by atoms with E-state index in [0.717, 1.165) is 43.2 Å². The molecule has 4 rings (SSSR count). The summed E-state index contributed by atoms with van der Waals surface area (Å²) in [7, 11) is 1.73. The lowest BCUT2D eigenvalue weighted by molar-refractivity contribution is 0.0703. The number of hydrogen-bond acceptors (Lipinski definition) is 4. The van der Waals surface area contributed by atoms with Crippen molar-refractivity contribution in [1.82, 2.24) is 14.8 Å². The van der Waals surface area contributed by atoms with E-state index in [1.807, 2.05) is 60.8 Å². The van der Waals surface area contributed by atoms with Crippen molar-refractivity contribution in [2.45, 2.75) is 26.3 Å². The predicted molar refractivity (Wildman–Crippen MR) is 136 cm³/mol. The van der Waals surface area contributed by atoms with Crippen molar-refractivity contribution in [3.63, 3.8) is 0 Å². The quantitative estimate of drug-likeness (QED) is 0.448. The lowest BCUT2D eigenvalue weighted by Gasteiger charge is -2.30. The molecule has 1 aliphatic rings. The summed E-state index contributed by atoms with van der Waals surface area (Å²) in [6, 6.07) is 24.0. The number of hydrogen-bond donors (Lipinski definition) is 0. The summed E-state index contributed by atoms with van der Waals surface area (Å²) >= 11 is 0. The van der Waals surface area contributed by atoms with E-state index in [9.17, 15) is 4.79 Å². The highest BCUT2D eigenvalue weighted by molar-refractivity contribution is 5.94. The van der Waals surface area contributed by atoms with Crippen molar-refractivity contribution in [2.75, 3.05) is 33.3 Å². The summed E-state index contributed by atoms with van der Waals surface area (Å²) in [6.07, 6.45) is 1.85. The Morgan fingerprint density at radius 3 is 2.47 bits per heavy atom. The molecule has 1 aliphatic heterocycles. The number of carbonyl (C=O) groups is 1. The zero-order valence-corrected chi connectivity index (χ0v) is 20.4. The minimum absolute atomic E-state index is 0.108. The van der Waals surface area contributed by atoms with E-state index in [1.165, 1.54) is 5.56 Å². The van der Waals surface area contributed by atoms with Crippen LogP contribution in [0, 0.1) is 11.8 Å². The molecule has 2 heterocycles. The summed E-state index contributed by atoms with van der Waals surface area (Å²) in [4.78, 5) is 22.5. The van der Waals surface area contributed by atoms with Gasteiger partial charge in [-0.3, -0.25) is 14.7 Å². The maximum atomic E-state index is 13.5. The second-order valence-electron chi connectivity index (χ2n) is 9.59. The van der Waals surface area contributed by atoms with Crippen molar-refractivity contribution in [2.24, 2.45) is 11.8 Å². The third-order valence-electron chi connectivity index (χ3n) is 6.52. The number of benzene rings is 2. The molecular weight excluding hydrogens is 422 g/mol. The van der Waals surface area contributed by atoms with Crippen LogP contribution >= 0.6 is 0 Å². The second-order valence-corrected chi connectivity index (χ2v) is 9.59. The van der Waals surface area contributed by atoms with Gasteiger partial charge >= 0.3 is 0 Å². The molecule has 1 amide bonds. The highest BCUT2D eigenvalue weighted by Gasteiger charge is 2.37. The first-order chi connectivity index (χ1) is 16.5. The molecule has 1 saturated heterocycles. The van der Waals surface area contributed by atoms with Crippen molar-refractivity contribution in [3.8, 4) is 5.75 Å². The molecule has 5 nitrogen and oxygen atoms in total. The highest BCUT2D eigenvalue weighted by Crippen LogP contribution is 2.38. The van der Waals surface area contributed by atoms with Gasteiger partial charge in [0, 0.05) is 50.4 Å². The first-order valence-electron chi connectivity index (χ1n) is 12.1. The van der Waals surface area contributed by atoms with Crippen LogP contribution in [0.15, 0.2) is 79.0 Å². The van der Waals surface area contributed by atoms with Crippen LogP contribution in [0.2, 0.25) is 0 Å². The zero-order chi connectivity index (χ0) is 23.9. The molecule has 2 atom stereocenters. The first-order valence-corrected chi connectivity index (χ1v) is 12.1. The normalized spacial score (nSPS) is 18.2. The molecule has 1 aromatic heterocycles. The van der Waals surface area contributed by atoms with Crippen molar-refractivity contribution in [3.05, 3.63) is 95.8 Å². The largest absolute Gasteiger partial charge is 0.496 e. The first kappa shape index (κ1) is 24.0. The van der Waals surface area contributed by atoms with E-state index in [-0.39, 0.29) is 11.8 Å². The van der Waals surface area contributed by atoms with Gasteiger partial charge in [0.05, 0.1) is 12.8 Å². The number of carbonyl (C=O) groups excluding carboxylic acids is 1. The average molecular weight is 458 g/mol. The standard InChI is InChI=1S/C29H35N3O2/c1-22(2)17-32(29(33)23-11-5-4-6-12-23)19-24-18-31(20-25-13-9-10-16-30-25)21-27(24)26-14-7-8-15-28(26)34-3/h4-16,22,24,27H,17-21H2,1-3H3. The van der Waals surface area contributed by atoms with Crippen LogP contribution in [0.1, 0.15) is 41.4 Å². The maximum Gasteiger partial charge on any atom is 0.253 e. The van der Waals surface area contributed by atoms with Crippen LogP contribution in [0.4, 0.5) is 0 Å². The Bertz CT molecular complexity index is 1060. The fourth-order valence-electron chi connectivity index (χ4n) is 5.05. The zero-order valence-electron chi connectivity index (χ0n) is 20.4. The van der Waals surface area contributed by atoms with Gasteiger partial charge in [-0.25, -0.2) is 0 Å². The smallest absolute Gasteiger partial charge is 0.253 e. The molecule has 0 radical (unpaired) electrons. The number of ether oxygens (including phenoxy) is 1. The number of pyridine rings is 1. The number of likely N-dealkylation sites (tertiary alicyclic amines) is 1. The van der Waals surface area contributed by atoms with Crippen LogP contribution in [-0.2, 0) is 6.54 Å². The van der Waals surface area contributed by atoms with E-state index in [4.69, 9.17) is 4.74 Å². The molecular formula is C29H35N3O2. The molecule has 0 saturated carbocycles. The van der Waals surface area contributed by atoms with Crippen LogP contribution in [0.5, 0.6) is 5.75 Å². The van der Waals surface area contributed by atoms with Gasteiger partial charge in [0.25, 0.3) is 5.91 Å². The Balaban J connectivity index is 1.61. The molecule has 0 spiro atoms. The van der Waals surface area contributed by atoms with E-state index in [0.29, 0.717) is 18.4 Å². The van der Waals surface area contributed by atoms with Gasteiger partial charge in [-0.1, -0.05) is 56.3 Å². The van der Waals surface area contributed by atoms with Crippen LogP contribution < -0.4 is 4.74 Å². The summed E-state index contributed by atoms with van der Waals surface area (Å²) in [6.45, 7) is 8.43. The number of rotatable bonds is 9. The SMILES string of the molecule is COc1ccccc1C1CN(Cc2ccccn2)CC1CN(CC(C)C)C(=O)c1ccccc1. The van der Waals surface area contributed by atoms with Gasteiger partial charge in [-0.2, -0.15) is 0 Å². The summed E-state index contributed by atoms with van der Waals surface area (Å²) in [5.74, 6) is 1.99. The molecule has 0 bridgehead atoms. The fraction of sp³-hybridized carbons (Fsp3) is 0.379. The Morgan fingerprint density at radius 2 is 1.76 bits per heavy atom. The van der Waals surface area contributed by atoms with Crippen LogP contribution in [0.3, 0.4) is 0 Å². The molecule has 0 N–H and O–H groups in total. The van der Waals surface area contributed by atoms with Gasteiger partial charge in [0.1, 0.15) is 5.75 Å². The number of methoxy groups -OCH3 is 1. The second kappa shape index (κ2) is 11.3. The number of nitrogens with zero attached hydrogens (tertiary/aromatic N) is 3. The van der Waals surface area contributed by atoms with Crippen molar-refractivity contribution >= 4 is 5.91 Å². The molecule has 3 aromatic rings. The fourth-order valence-corrected chi connectivity index (χ4v) is 5.05. The van der Waals surface area contributed by atoms with E-state index in [1.54, 1.807) is 7.11 Å². The topological polar surface area (TPSA) is 45.7 Å². The highest BCUT2D eigenvalue weighted by atomic mass is 16.5. The van der Waals surface area contributed by atoms with E-state index in [2.05, 4.69) is 46.8 Å². The molecule has 34 heavy (non-hydrogen) atoms. The summed E-state index contributed by atoms with van der Waals surface area (Å²) in [5, 5.41) is 0. The molecule has 2 aromatic carbocycles. The monoisotopic (exact) mass is 457 g/mol. The predicted octanol–water partition coefficient (Wildman–Crippen LogP) is 5.10. The lowest BCUT2D eigenvalue weighted by atomic mass is 9.87. The Labute approximate surface area is 203 Å². The van der Waals surface area contributed by atoms with E-state index >= 15 is 0 Å². The van der Waals surface area contributed by atoms with Crippen molar-refractivity contribution in [1.29, 1.82) is 0 Å². The third kappa shape index (κ3) is 5.84. The molecule has 1 fully saturated rings. The van der Waals surface area contributed by atoms with Gasteiger partial charge in [-0.05, 0) is 47.7 Å². The number of aromatic nitrogens is 1. The molecule has 2 unspecified atom stereocenters. The Hall–Kier alpha value is -3.18. The molecule has 5 heteroatoms. The lowest BCUT2D eigenvalue weighted by Crippen LogP contribution is -2.39. The summed E-state index contributed by atoms with van der Waals surface area (Å²) < 4.78 is 5.73. The number of amides is 1. The van der Waals surface area contributed by atoms with Gasteiger partial charge in [0.15, 0.2) is 0 Å². The van der Waals surface area contributed by atoms with E-state index < -0.39 is 0 Å². The summed E-state index contributed by atoms with van der Waals surface area (Å²) in [5.41, 5.74) is 3.04. The number of para-hydroxylation sites is 1. The minimum atomic E-state index is 0.108. The molecule has 0 aliphatic carbocycles. The van der Waals surface area contributed by atoms with Gasteiger partial charge in [-0.15, -0.1) is 0 Å². The third-order valence-corrected chi connectivity index (χ3v) is 6.52. The van der Waals surface area contributed by atoms with Gasteiger partial charge < -0.3 is 9.64 Å². The van der Waals surface area contributed by atoms with Gasteiger partial charge in [0.2, 0.25) is 0 Å². The molecule has 178 valence electrons. The minimum Gasteiger partial charge on any atom is -0.496 e. The van der Waals surface area contributed by atoms with Crippen LogP contribution in [0.25, 0.3) is 0 Å². The Morgan fingerprint density at radius 1 is 1.03 bits per heavy atom. The van der Waals surface area contributed by atoms with Crippen LogP contribution in [-0.4, -0.2) is 54.0 Å². The maximum absolute atomic E-state index is 13.5. The van der Waals surface area contributed by atoms with Crippen molar-refractivity contribution < 1.29 is 9.53 Å². The average Bonchev–Trinajstić information content (AvgIpc) is 3.25.